The summed E-state index contributed by atoms with van der Waals surface area (Å²) in [5.74, 6) is 2.47. The molecule has 4 heterocycles. The summed E-state index contributed by atoms with van der Waals surface area (Å²) in [5, 5.41) is 7.41. The third-order valence-electron chi connectivity index (χ3n) is 5.19. The molecule has 0 spiro atoms. The number of ether oxygens (including phenoxy) is 2. The zero-order valence-electron chi connectivity index (χ0n) is 15.7. The van der Waals surface area contributed by atoms with Gasteiger partial charge < -0.3 is 19.7 Å². The minimum absolute atomic E-state index is 0.180. The number of carbonyl (C=O) groups excluding carboxylic acids is 1. The van der Waals surface area contributed by atoms with E-state index in [2.05, 4.69) is 25.3 Å². The van der Waals surface area contributed by atoms with E-state index in [1.54, 1.807) is 36.8 Å². The molecule has 29 heavy (non-hydrogen) atoms. The van der Waals surface area contributed by atoms with E-state index >= 15 is 0 Å². The van der Waals surface area contributed by atoms with Crippen molar-refractivity contribution in [3.05, 3.63) is 54.5 Å². The predicted octanol–water partition coefficient (Wildman–Crippen LogP) is 2.50. The lowest BCUT2D eigenvalue weighted by molar-refractivity contribution is 0.102. The van der Waals surface area contributed by atoms with Crippen LogP contribution in [-0.4, -0.2) is 45.5 Å². The topological polar surface area (TPSA) is 94.4 Å². The van der Waals surface area contributed by atoms with Gasteiger partial charge in [0.05, 0.1) is 12.2 Å². The van der Waals surface area contributed by atoms with Crippen LogP contribution in [0.5, 0.6) is 11.5 Å². The lowest BCUT2D eigenvalue weighted by atomic mass is 10.1. The fraction of sp³-hybridized carbons (Fsp3) is 0.300. The van der Waals surface area contributed by atoms with Crippen LogP contribution in [0.2, 0.25) is 0 Å². The van der Waals surface area contributed by atoms with E-state index in [1.807, 2.05) is 16.8 Å². The minimum atomic E-state index is -0.208. The number of benzene rings is 1. The van der Waals surface area contributed by atoms with E-state index in [-0.39, 0.29) is 18.7 Å². The number of fused-ring (bicyclic) bond motifs is 1. The molecular formula is C20H20N6O3. The summed E-state index contributed by atoms with van der Waals surface area (Å²) in [6.07, 6.45) is 7.01. The Bertz CT molecular complexity index is 1010. The van der Waals surface area contributed by atoms with Gasteiger partial charge in [-0.2, -0.15) is 5.10 Å². The molecule has 2 aliphatic heterocycles. The molecule has 3 aromatic rings. The fourth-order valence-corrected chi connectivity index (χ4v) is 3.70. The van der Waals surface area contributed by atoms with E-state index in [0.29, 0.717) is 22.9 Å². The average molecular weight is 392 g/mol. The first-order chi connectivity index (χ1) is 14.3. The Balaban J connectivity index is 1.26. The van der Waals surface area contributed by atoms with Crippen molar-refractivity contribution < 1.29 is 14.3 Å². The molecular weight excluding hydrogens is 372 g/mol. The fourth-order valence-electron chi connectivity index (χ4n) is 3.70. The summed E-state index contributed by atoms with van der Waals surface area (Å²) in [7, 11) is 0. The van der Waals surface area contributed by atoms with Gasteiger partial charge in [0, 0.05) is 37.1 Å². The number of hydrogen-bond donors (Lipinski definition) is 1. The molecule has 1 aromatic carbocycles. The van der Waals surface area contributed by atoms with Crippen molar-refractivity contribution in [3.8, 4) is 11.5 Å². The highest BCUT2D eigenvalue weighted by Crippen LogP contribution is 2.33. The summed E-state index contributed by atoms with van der Waals surface area (Å²) in [6, 6.07) is 9.00. The average Bonchev–Trinajstić information content (AvgIpc) is 3.43. The van der Waals surface area contributed by atoms with Crippen LogP contribution in [0.15, 0.2) is 48.9 Å². The predicted molar refractivity (Wildman–Crippen MR) is 105 cm³/mol. The van der Waals surface area contributed by atoms with E-state index in [1.165, 1.54) is 0 Å². The molecule has 9 heteroatoms. The standard InChI is InChI=1S/C20H20N6O3/c27-19(14-2-3-16-17(12-14)29-13-28-16)24-18-4-9-23-26(18)15-5-10-25(11-6-15)20-21-7-1-8-22-20/h1-4,7-9,12,15H,5-6,10-11,13H2,(H,24,27). The first-order valence-corrected chi connectivity index (χ1v) is 9.54. The number of carbonyl (C=O) groups is 1. The molecule has 0 aliphatic carbocycles. The van der Waals surface area contributed by atoms with Crippen molar-refractivity contribution in [1.82, 2.24) is 19.7 Å². The summed E-state index contributed by atoms with van der Waals surface area (Å²) in [5.41, 5.74) is 0.512. The van der Waals surface area contributed by atoms with Gasteiger partial charge in [-0.15, -0.1) is 0 Å². The molecule has 0 atom stereocenters. The van der Waals surface area contributed by atoms with Gasteiger partial charge >= 0.3 is 0 Å². The number of amides is 1. The maximum absolute atomic E-state index is 12.7. The number of anilines is 2. The second-order valence-electron chi connectivity index (χ2n) is 6.95. The summed E-state index contributed by atoms with van der Waals surface area (Å²) in [6.45, 7) is 1.86. The lowest BCUT2D eigenvalue weighted by Gasteiger charge is -2.32. The Morgan fingerprint density at radius 3 is 2.66 bits per heavy atom. The van der Waals surface area contributed by atoms with Crippen molar-refractivity contribution in [2.75, 3.05) is 30.1 Å². The third-order valence-corrected chi connectivity index (χ3v) is 5.19. The van der Waals surface area contributed by atoms with E-state index in [9.17, 15) is 4.79 Å². The van der Waals surface area contributed by atoms with Crippen LogP contribution in [0, 0.1) is 0 Å². The molecule has 0 bridgehead atoms. The summed E-state index contributed by atoms with van der Waals surface area (Å²) in [4.78, 5) is 23.5. The van der Waals surface area contributed by atoms with Gasteiger partial charge in [-0.3, -0.25) is 4.79 Å². The van der Waals surface area contributed by atoms with E-state index < -0.39 is 0 Å². The van der Waals surface area contributed by atoms with Crippen LogP contribution in [-0.2, 0) is 0 Å². The van der Waals surface area contributed by atoms with Crippen LogP contribution < -0.4 is 19.7 Å². The van der Waals surface area contributed by atoms with Crippen LogP contribution in [0.25, 0.3) is 0 Å². The molecule has 9 nitrogen and oxygen atoms in total. The van der Waals surface area contributed by atoms with Gasteiger partial charge in [0.15, 0.2) is 11.5 Å². The SMILES string of the molecule is O=C(Nc1ccnn1C1CCN(c2ncccn2)CC1)c1ccc2c(c1)OCO2. The number of nitrogens with zero attached hydrogens (tertiary/aromatic N) is 5. The molecule has 0 saturated carbocycles. The van der Waals surface area contributed by atoms with Gasteiger partial charge in [0.25, 0.3) is 5.91 Å². The van der Waals surface area contributed by atoms with Gasteiger partial charge in [-0.05, 0) is 37.1 Å². The van der Waals surface area contributed by atoms with Gasteiger partial charge in [0.1, 0.15) is 5.82 Å². The third kappa shape index (κ3) is 3.46. The van der Waals surface area contributed by atoms with Crippen molar-refractivity contribution >= 4 is 17.7 Å². The Hall–Kier alpha value is -3.62. The number of rotatable bonds is 4. The Kier molecular flexibility index (Phi) is 4.47. The molecule has 5 rings (SSSR count). The van der Waals surface area contributed by atoms with Crippen molar-refractivity contribution in [3.63, 3.8) is 0 Å². The highest BCUT2D eigenvalue weighted by Gasteiger charge is 2.25. The maximum Gasteiger partial charge on any atom is 0.256 e. The monoisotopic (exact) mass is 392 g/mol. The number of aromatic nitrogens is 4. The van der Waals surface area contributed by atoms with Crippen LogP contribution in [0.4, 0.5) is 11.8 Å². The number of nitrogens with one attached hydrogen (secondary N) is 1. The van der Waals surface area contributed by atoms with Crippen LogP contribution in [0.1, 0.15) is 29.2 Å². The maximum atomic E-state index is 12.7. The Morgan fingerprint density at radius 2 is 1.83 bits per heavy atom. The first-order valence-electron chi connectivity index (χ1n) is 9.54. The highest BCUT2D eigenvalue weighted by atomic mass is 16.7. The Labute approximate surface area is 167 Å². The molecule has 0 radical (unpaired) electrons. The zero-order valence-corrected chi connectivity index (χ0v) is 15.7. The molecule has 1 amide bonds. The quantitative estimate of drug-likeness (QED) is 0.729. The first kappa shape index (κ1) is 17.5. The number of piperidine rings is 1. The smallest absolute Gasteiger partial charge is 0.256 e. The molecule has 0 unspecified atom stereocenters. The zero-order chi connectivity index (χ0) is 19.6. The van der Waals surface area contributed by atoms with Crippen LogP contribution in [0.3, 0.4) is 0 Å². The molecule has 1 N–H and O–H groups in total. The number of hydrogen-bond acceptors (Lipinski definition) is 7. The largest absolute Gasteiger partial charge is 0.454 e. The molecule has 2 aliphatic rings. The van der Waals surface area contributed by atoms with Crippen LogP contribution >= 0.6 is 0 Å². The van der Waals surface area contributed by atoms with Gasteiger partial charge in [0.2, 0.25) is 12.7 Å². The molecule has 2 aromatic heterocycles. The van der Waals surface area contributed by atoms with Gasteiger partial charge in [-0.25, -0.2) is 14.6 Å². The highest BCUT2D eigenvalue weighted by molar-refractivity contribution is 6.04. The van der Waals surface area contributed by atoms with E-state index in [0.717, 1.165) is 31.9 Å². The molecule has 1 saturated heterocycles. The minimum Gasteiger partial charge on any atom is -0.454 e. The normalized spacial score (nSPS) is 16.1. The van der Waals surface area contributed by atoms with Gasteiger partial charge in [-0.1, -0.05) is 0 Å². The van der Waals surface area contributed by atoms with Crippen molar-refractivity contribution in [1.29, 1.82) is 0 Å². The molecule has 148 valence electrons. The second kappa shape index (κ2) is 7.42. The summed E-state index contributed by atoms with van der Waals surface area (Å²) < 4.78 is 12.5. The van der Waals surface area contributed by atoms with E-state index in [4.69, 9.17) is 9.47 Å². The lowest BCUT2D eigenvalue weighted by Crippen LogP contribution is -2.36. The summed E-state index contributed by atoms with van der Waals surface area (Å²) >= 11 is 0. The van der Waals surface area contributed by atoms with Crippen molar-refractivity contribution in [2.45, 2.75) is 18.9 Å². The Morgan fingerprint density at radius 1 is 1.03 bits per heavy atom. The van der Waals surface area contributed by atoms with Crippen molar-refractivity contribution in [2.24, 2.45) is 0 Å². The molecule has 1 fully saturated rings. The second-order valence-corrected chi connectivity index (χ2v) is 6.95.